The third kappa shape index (κ3) is 3.25. The Kier molecular flexibility index (Phi) is 4.34. The lowest BCUT2D eigenvalue weighted by Crippen LogP contribution is -2.37. The number of rotatable bonds is 3. The van der Waals surface area contributed by atoms with Crippen LogP contribution in [0.15, 0.2) is 30.3 Å². The summed E-state index contributed by atoms with van der Waals surface area (Å²) >= 11 is 0. The zero-order valence-corrected chi connectivity index (χ0v) is 12.8. The Morgan fingerprint density at radius 2 is 1.86 bits per heavy atom. The highest BCUT2D eigenvalue weighted by Gasteiger charge is 2.20. The summed E-state index contributed by atoms with van der Waals surface area (Å²) in [6.07, 6.45) is 2.17. The van der Waals surface area contributed by atoms with Gasteiger partial charge in [-0.3, -0.25) is 0 Å². The van der Waals surface area contributed by atoms with Crippen molar-refractivity contribution in [3.05, 3.63) is 41.8 Å². The van der Waals surface area contributed by atoms with Crippen molar-refractivity contribution in [2.24, 2.45) is 11.7 Å². The molecule has 5 heteroatoms. The molecule has 0 aliphatic carbocycles. The fourth-order valence-corrected chi connectivity index (χ4v) is 2.83. The van der Waals surface area contributed by atoms with Crippen LogP contribution in [0.3, 0.4) is 0 Å². The van der Waals surface area contributed by atoms with E-state index in [0.29, 0.717) is 5.92 Å². The van der Waals surface area contributed by atoms with E-state index in [1.165, 1.54) is 12.1 Å². The average molecular weight is 300 g/mol. The number of aryl methyl sites for hydroxylation is 1. The Bertz CT molecular complexity index is 634. The van der Waals surface area contributed by atoms with Crippen LogP contribution in [0.5, 0.6) is 0 Å². The van der Waals surface area contributed by atoms with E-state index >= 15 is 0 Å². The molecule has 0 atom stereocenters. The Labute approximate surface area is 130 Å². The van der Waals surface area contributed by atoms with Crippen molar-refractivity contribution in [3.8, 4) is 11.3 Å². The normalized spacial score (nSPS) is 16.0. The highest BCUT2D eigenvalue weighted by molar-refractivity contribution is 5.61. The van der Waals surface area contributed by atoms with Crippen LogP contribution in [0.25, 0.3) is 11.3 Å². The van der Waals surface area contributed by atoms with Gasteiger partial charge in [0.2, 0.25) is 5.95 Å². The lowest BCUT2D eigenvalue weighted by molar-refractivity contribution is 0.411. The maximum absolute atomic E-state index is 13.1. The zero-order chi connectivity index (χ0) is 15.5. The van der Waals surface area contributed by atoms with Gasteiger partial charge >= 0.3 is 0 Å². The van der Waals surface area contributed by atoms with Crippen LogP contribution in [0.4, 0.5) is 10.3 Å². The van der Waals surface area contributed by atoms with Gasteiger partial charge in [0.15, 0.2) is 0 Å². The highest BCUT2D eigenvalue weighted by atomic mass is 19.1. The second kappa shape index (κ2) is 6.40. The maximum atomic E-state index is 13.1. The molecule has 1 aromatic heterocycles. The number of hydrogen-bond donors (Lipinski definition) is 1. The average Bonchev–Trinajstić information content (AvgIpc) is 2.55. The third-order valence-electron chi connectivity index (χ3n) is 4.21. The summed E-state index contributed by atoms with van der Waals surface area (Å²) in [4.78, 5) is 11.4. The van der Waals surface area contributed by atoms with Crippen molar-refractivity contribution in [1.29, 1.82) is 0 Å². The fraction of sp³-hybridized carbons (Fsp3) is 0.412. The molecular formula is C17H21FN4. The molecule has 2 aromatic rings. The van der Waals surface area contributed by atoms with Gasteiger partial charge in [0, 0.05) is 24.3 Å². The Morgan fingerprint density at radius 1 is 1.18 bits per heavy atom. The summed E-state index contributed by atoms with van der Waals surface area (Å²) in [5.74, 6) is 1.13. The van der Waals surface area contributed by atoms with Crippen LogP contribution < -0.4 is 10.6 Å². The number of benzene rings is 1. The predicted octanol–water partition coefficient (Wildman–Crippen LogP) is 2.77. The summed E-state index contributed by atoms with van der Waals surface area (Å²) in [6, 6.07) is 8.35. The van der Waals surface area contributed by atoms with E-state index in [-0.39, 0.29) is 5.82 Å². The van der Waals surface area contributed by atoms with Crippen LogP contribution in [0.2, 0.25) is 0 Å². The molecule has 0 bridgehead atoms. The van der Waals surface area contributed by atoms with Crippen molar-refractivity contribution >= 4 is 5.95 Å². The molecule has 0 radical (unpaired) electrons. The maximum Gasteiger partial charge on any atom is 0.226 e. The second-order valence-corrected chi connectivity index (χ2v) is 5.87. The lowest BCUT2D eigenvalue weighted by atomic mass is 9.97. The van der Waals surface area contributed by atoms with Gasteiger partial charge in [-0.2, -0.15) is 0 Å². The third-order valence-corrected chi connectivity index (χ3v) is 4.21. The van der Waals surface area contributed by atoms with Crippen LogP contribution >= 0.6 is 0 Å². The first-order valence-electron chi connectivity index (χ1n) is 7.72. The molecule has 2 heterocycles. The summed E-state index contributed by atoms with van der Waals surface area (Å²) in [6.45, 7) is 4.59. The molecule has 0 unspecified atom stereocenters. The summed E-state index contributed by atoms with van der Waals surface area (Å²) in [5, 5.41) is 0. The fourth-order valence-electron chi connectivity index (χ4n) is 2.83. The van der Waals surface area contributed by atoms with Gasteiger partial charge in [-0.25, -0.2) is 14.4 Å². The molecule has 116 valence electrons. The van der Waals surface area contributed by atoms with E-state index in [0.717, 1.165) is 55.4 Å². The van der Waals surface area contributed by atoms with Crippen molar-refractivity contribution in [1.82, 2.24) is 9.97 Å². The highest BCUT2D eigenvalue weighted by Crippen LogP contribution is 2.24. The van der Waals surface area contributed by atoms with E-state index in [1.807, 2.05) is 13.0 Å². The molecule has 1 fully saturated rings. The van der Waals surface area contributed by atoms with Gasteiger partial charge in [0.1, 0.15) is 5.82 Å². The quantitative estimate of drug-likeness (QED) is 0.947. The molecule has 0 saturated carbocycles. The standard InChI is InChI=1S/C17H21FN4/c1-12-10-16(14-2-4-15(18)5-3-14)21-17(20-12)22-8-6-13(11-19)7-9-22/h2-5,10,13H,6-9,11,19H2,1H3. The molecule has 1 aliphatic rings. The van der Waals surface area contributed by atoms with Crippen molar-refractivity contribution in [2.75, 3.05) is 24.5 Å². The van der Waals surface area contributed by atoms with Gasteiger partial charge in [0.05, 0.1) is 5.69 Å². The molecular weight excluding hydrogens is 279 g/mol. The largest absolute Gasteiger partial charge is 0.341 e. The summed E-state index contributed by atoms with van der Waals surface area (Å²) in [5.41, 5.74) is 8.41. The number of hydrogen-bond acceptors (Lipinski definition) is 4. The number of aromatic nitrogens is 2. The number of nitrogens with two attached hydrogens (primary N) is 1. The SMILES string of the molecule is Cc1cc(-c2ccc(F)cc2)nc(N2CCC(CN)CC2)n1. The molecule has 1 aliphatic heterocycles. The van der Waals surface area contributed by atoms with Gasteiger partial charge < -0.3 is 10.6 Å². The van der Waals surface area contributed by atoms with Crippen LogP contribution in [0.1, 0.15) is 18.5 Å². The minimum atomic E-state index is -0.237. The Morgan fingerprint density at radius 3 is 2.50 bits per heavy atom. The van der Waals surface area contributed by atoms with Gasteiger partial charge in [-0.1, -0.05) is 0 Å². The zero-order valence-electron chi connectivity index (χ0n) is 12.8. The number of piperidine rings is 1. The minimum absolute atomic E-state index is 0.237. The van der Waals surface area contributed by atoms with Crippen molar-refractivity contribution in [2.45, 2.75) is 19.8 Å². The van der Waals surface area contributed by atoms with E-state index in [9.17, 15) is 4.39 Å². The number of halogens is 1. The number of anilines is 1. The van der Waals surface area contributed by atoms with Crippen LogP contribution in [-0.4, -0.2) is 29.6 Å². The summed E-state index contributed by atoms with van der Waals surface area (Å²) < 4.78 is 13.1. The van der Waals surface area contributed by atoms with Gasteiger partial charge in [-0.15, -0.1) is 0 Å². The molecule has 1 saturated heterocycles. The van der Waals surface area contributed by atoms with Crippen molar-refractivity contribution < 1.29 is 4.39 Å². The second-order valence-electron chi connectivity index (χ2n) is 5.87. The first-order chi connectivity index (χ1) is 10.7. The monoisotopic (exact) mass is 300 g/mol. The topological polar surface area (TPSA) is 55.0 Å². The van der Waals surface area contributed by atoms with Crippen LogP contribution in [0, 0.1) is 18.7 Å². The van der Waals surface area contributed by atoms with Gasteiger partial charge in [-0.05, 0) is 62.6 Å². The Balaban J connectivity index is 1.85. The molecule has 4 nitrogen and oxygen atoms in total. The Hall–Kier alpha value is -2.01. The predicted molar refractivity (Wildman–Crippen MR) is 86.2 cm³/mol. The van der Waals surface area contributed by atoms with E-state index < -0.39 is 0 Å². The molecule has 22 heavy (non-hydrogen) atoms. The first kappa shape index (κ1) is 14.9. The van der Waals surface area contributed by atoms with Crippen LogP contribution in [-0.2, 0) is 0 Å². The van der Waals surface area contributed by atoms with Crippen molar-refractivity contribution in [3.63, 3.8) is 0 Å². The van der Waals surface area contributed by atoms with Gasteiger partial charge in [0.25, 0.3) is 0 Å². The van der Waals surface area contributed by atoms with E-state index in [4.69, 9.17) is 5.73 Å². The molecule has 2 N–H and O–H groups in total. The van der Waals surface area contributed by atoms with E-state index in [1.54, 1.807) is 12.1 Å². The molecule has 0 amide bonds. The molecule has 0 spiro atoms. The molecule has 3 rings (SSSR count). The summed E-state index contributed by atoms with van der Waals surface area (Å²) in [7, 11) is 0. The minimum Gasteiger partial charge on any atom is -0.341 e. The van der Waals surface area contributed by atoms with E-state index in [2.05, 4.69) is 14.9 Å². The lowest BCUT2D eigenvalue weighted by Gasteiger charge is -2.31. The molecule has 1 aromatic carbocycles. The number of nitrogens with zero attached hydrogens (tertiary/aromatic N) is 3. The first-order valence-corrected chi connectivity index (χ1v) is 7.72. The smallest absolute Gasteiger partial charge is 0.226 e.